The van der Waals surface area contributed by atoms with Crippen LogP contribution in [0, 0.1) is 0 Å². The van der Waals surface area contributed by atoms with Crippen LogP contribution in [0.3, 0.4) is 0 Å². The summed E-state index contributed by atoms with van der Waals surface area (Å²) in [5.74, 6) is 1.37. The number of nitrogens with one attached hydrogen (secondary N) is 1. The molecule has 0 radical (unpaired) electrons. The molecule has 0 aliphatic heterocycles. The fourth-order valence-corrected chi connectivity index (χ4v) is 2.63. The molecule has 1 aromatic heterocycles. The summed E-state index contributed by atoms with van der Waals surface area (Å²) in [7, 11) is 0. The van der Waals surface area contributed by atoms with Gasteiger partial charge in [-0.3, -0.25) is 4.79 Å². The predicted octanol–water partition coefficient (Wildman–Crippen LogP) is 3.96. The molecule has 0 aliphatic carbocycles. The molecule has 0 amide bonds. The highest BCUT2D eigenvalue weighted by Gasteiger charge is 2.14. The highest BCUT2D eigenvalue weighted by molar-refractivity contribution is 6.17. The number of anilines is 1. The molecule has 0 fully saturated rings. The molecule has 1 N–H and O–H groups in total. The molecule has 23 heavy (non-hydrogen) atoms. The van der Waals surface area contributed by atoms with Crippen molar-refractivity contribution in [2.75, 3.05) is 17.7 Å². The van der Waals surface area contributed by atoms with Gasteiger partial charge in [0, 0.05) is 18.0 Å². The number of benzene rings is 2. The molecule has 0 aliphatic rings. The second-order valence-corrected chi connectivity index (χ2v) is 5.65. The first-order valence-corrected chi connectivity index (χ1v) is 8.16. The summed E-state index contributed by atoms with van der Waals surface area (Å²) in [6, 6.07) is 17.2. The molecule has 2 aromatic carbocycles. The van der Waals surface area contributed by atoms with Gasteiger partial charge in [0.25, 0.3) is 0 Å². The zero-order chi connectivity index (χ0) is 16.1. The summed E-state index contributed by atoms with van der Waals surface area (Å²) in [6.07, 6.45) is 0.845. The number of halogens is 1. The van der Waals surface area contributed by atoms with Crippen molar-refractivity contribution < 1.29 is 4.79 Å². The van der Waals surface area contributed by atoms with E-state index in [1.54, 1.807) is 0 Å². The predicted molar refractivity (Wildman–Crippen MR) is 94.3 cm³/mol. The van der Waals surface area contributed by atoms with Gasteiger partial charge in [-0.15, -0.1) is 11.6 Å². The van der Waals surface area contributed by atoms with E-state index >= 15 is 0 Å². The lowest BCUT2D eigenvalue weighted by atomic mass is 10.1. The van der Waals surface area contributed by atoms with Gasteiger partial charge in [-0.2, -0.15) is 0 Å². The Morgan fingerprint density at radius 2 is 1.83 bits per heavy atom. The van der Waals surface area contributed by atoms with Gasteiger partial charge in [-0.1, -0.05) is 42.5 Å². The van der Waals surface area contributed by atoms with Crippen molar-refractivity contribution in [3.8, 4) is 0 Å². The second kappa shape index (κ2) is 7.29. The average Bonchev–Trinajstić information content (AvgIpc) is 2.94. The minimum atomic E-state index is 0.0640. The Hall–Kier alpha value is -2.33. The fourth-order valence-electron chi connectivity index (χ4n) is 2.50. The molecule has 0 saturated carbocycles. The molecule has 3 rings (SSSR count). The van der Waals surface area contributed by atoms with Gasteiger partial charge in [-0.25, -0.2) is 4.98 Å². The summed E-state index contributed by atoms with van der Waals surface area (Å²) < 4.78 is 1.93. The molecule has 1 heterocycles. The topological polar surface area (TPSA) is 46.9 Å². The van der Waals surface area contributed by atoms with Gasteiger partial charge < -0.3 is 9.88 Å². The number of imidazole rings is 1. The number of hydrogen-bond donors (Lipinski definition) is 1. The van der Waals surface area contributed by atoms with Crippen LogP contribution in [0.4, 0.5) is 5.95 Å². The number of Topliss-reactive ketones (excluding diaryl/α,β-unsaturated/α-hetero) is 1. The van der Waals surface area contributed by atoms with Gasteiger partial charge >= 0.3 is 0 Å². The van der Waals surface area contributed by atoms with E-state index in [-0.39, 0.29) is 12.3 Å². The standard InChI is InChI=1S/C18H18ClN3O/c19-11-6-12-20-18-21-15-9-4-5-10-16(15)22(18)13-17(23)14-7-2-1-3-8-14/h1-5,7-10H,6,11-13H2,(H,20,21). The van der Waals surface area contributed by atoms with Crippen LogP contribution in [0.5, 0.6) is 0 Å². The van der Waals surface area contributed by atoms with Crippen LogP contribution in [-0.2, 0) is 6.54 Å². The maximum atomic E-state index is 12.5. The maximum absolute atomic E-state index is 12.5. The first-order chi connectivity index (χ1) is 11.3. The maximum Gasteiger partial charge on any atom is 0.204 e. The summed E-state index contributed by atoms with van der Waals surface area (Å²) >= 11 is 5.73. The Kier molecular flexibility index (Phi) is 4.93. The van der Waals surface area contributed by atoms with Gasteiger partial charge in [0.05, 0.1) is 17.6 Å². The van der Waals surface area contributed by atoms with Crippen molar-refractivity contribution in [1.29, 1.82) is 0 Å². The number of aromatic nitrogens is 2. The second-order valence-electron chi connectivity index (χ2n) is 5.27. The van der Waals surface area contributed by atoms with E-state index in [2.05, 4.69) is 10.3 Å². The third-order valence-electron chi connectivity index (χ3n) is 3.65. The Bertz CT molecular complexity index is 798. The summed E-state index contributed by atoms with van der Waals surface area (Å²) in [6.45, 7) is 0.986. The van der Waals surface area contributed by atoms with Crippen LogP contribution in [0.1, 0.15) is 16.8 Å². The van der Waals surface area contributed by atoms with Crippen molar-refractivity contribution >= 4 is 34.4 Å². The monoisotopic (exact) mass is 327 g/mol. The van der Waals surface area contributed by atoms with E-state index in [0.717, 1.165) is 24.0 Å². The lowest BCUT2D eigenvalue weighted by Gasteiger charge is -2.10. The smallest absolute Gasteiger partial charge is 0.204 e. The van der Waals surface area contributed by atoms with Crippen molar-refractivity contribution in [2.45, 2.75) is 13.0 Å². The van der Waals surface area contributed by atoms with Gasteiger partial charge in [0.15, 0.2) is 5.78 Å². The van der Waals surface area contributed by atoms with Crippen molar-refractivity contribution in [1.82, 2.24) is 9.55 Å². The van der Waals surface area contributed by atoms with Crippen LogP contribution < -0.4 is 5.32 Å². The molecule has 0 spiro atoms. The molecule has 0 atom stereocenters. The highest BCUT2D eigenvalue weighted by atomic mass is 35.5. The van der Waals surface area contributed by atoms with E-state index in [9.17, 15) is 4.79 Å². The third kappa shape index (κ3) is 3.54. The van der Waals surface area contributed by atoms with Crippen LogP contribution >= 0.6 is 11.6 Å². The Balaban J connectivity index is 1.91. The number of ketones is 1. The number of carbonyl (C=O) groups is 1. The van der Waals surface area contributed by atoms with Crippen LogP contribution in [-0.4, -0.2) is 27.8 Å². The third-order valence-corrected chi connectivity index (χ3v) is 3.91. The molecule has 0 bridgehead atoms. The zero-order valence-electron chi connectivity index (χ0n) is 12.7. The van der Waals surface area contributed by atoms with E-state index in [1.807, 2.05) is 59.2 Å². The first kappa shape index (κ1) is 15.6. The van der Waals surface area contributed by atoms with Crippen molar-refractivity contribution in [2.24, 2.45) is 0 Å². The zero-order valence-corrected chi connectivity index (χ0v) is 13.5. The van der Waals surface area contributed by atoms with Crippen LogP contribution in [0.25, 0.3) is 11.0 Å². The Morgan fingerprint density at radius 1 is 1.09 bits per heavy atom. The molecular formula is C18H18ClN3O. The van der Waals surface area contributed by atoms with Gasteiger partial charge in [-0.05, 0) is 18.6 Å². The highest BCUT2D eigenvalue weighted by Crippen LogP contribution is 2.20. The van der Waals surface area contributed by atoms with Crippen LogP contribution in [0.15, 0.2) is 54.6 Å². The van der Waals surface area contributed by atoms with Crippen molar-refractivity contribution in [3.05, 3.63) is 60.2 Å². The Labute approximate surface area is 140 Å². The van der Waals surface area contributed by atoms with Gasteiger partial charge in [0.2, 0.25) is 5.95 Å². The number of carbonyl (C=O) groups excluding carboxylic acids is 1. The van der Waals surface area contributed by atoms with E-state index < -0.39 is 0 Å². The van der Waals surface area contributed by atoms with Crippen molar-refractivity contribution in [3.63, 3.8) is 0 Å². The molecule has 5 heteroatoms. The molecule has 0 unspecified atom stereocenters. The molecule has 0 saturated heterocycles. The van der Waals surface area contributed by atoms with E-state index in [0.29, 0.717) is 17.4 Å². The number of alkyl halides is 1. The van der Waals surface area contributed by atoms with Gasteiger partial charge in [0.1, 0.15) is 0 Å². The first-order valence-electron chi connectivity index (χ1n) is 7.63. The number of hydrogen-bond acceptors (Lipinski definition) is 3. The minimum Gasteiger partial charge on any atom is -0.356 e. The summed E-state index contributed by atoms with van der Waals surface area (Å²) in [5.41, 5.74) is 2.53. The number of para-hydroxylation sites is 2. The number of nitrogens with zero attached hydrogens (tertiary/aromatic N) is 2. The number of rotatable bonds is 7. The summed E-state index contributed by atoms with van der Waals surface area (Å²) in [5, 5.41) is 3.28. The average molecular weight is 328 g/mol. The van der Waals surface area contributed by atoms with E-state index in [1.165, 1.54) is 0 Å². The summed E-state index contributed by atoms with van der Waals surface area (Å²) in [4.78, 5) is 17.1. The lowest BCUT2D eigenvalue weighted by Crippen LogP contribution is -2.14. The molecule has 4 nitrogen and oxygen atoms in total. The molecule has 3 aromatic rings. The largest absolute Gasteiger partial charge is 0.356 e. The SMILES string of the molecule is O=C(Cn1c(NCCCCl)nc2ccccc21)c1ccccc1. The van der Waals surface area contributed by atoms with Crippen LogP contribution in [0.2, 0.25) is 0 Å². The minimum absolute atomic E-state index is 0.0640. The fraction of sp³-hybridized carbons (Fsp3) is 0.222. The lowest BCUT2D eigenvalue weighted by molar-refractivity contribution is 0.0974. The molecular weight excluding hydrogens is 310 g/mol. The normalized spacial score (nSPS) is 10.8. The quantitative estimate of drug-likeness (QED) is 0.406. The van der Waals surface area contributed by atoms with E-state index in [4.69, 9.17) is 11.6 Å². The molecule has 118 valence electrons. The number of fused-ring (bicyclic) bond motifs is 1. The Morgan fingerprint density at radius 3 is 2.61 bits per heavy atom.